The van der Waals surface area contributed by atoms with Gasteiger partial charge >= 0.3 is 0 Å². The normalized spacial score (nSPS) is 12.7. The van der Waals surface area contributed by atoms with Crippen LogP contribution in [0.2, 0.25) is 0 Å². The Bertz CT molecular complexity index is 336. The van der Waals surface area contributed by atoms with Crippen molar-refractivity contribution in [2.24, 2.45) is 5.92 Å². The van der Waals surface area contributed by atoms with Gasteiger partial charge < -0.3 is 10.1 Å². The Morgan fingerprint density at radius 1 is 1.17 bits per heavy atom. The van der Waals surface area contributed by atoms with Gasteiger partial charge in [0, 0.05) is 11.6 Å². The fourth-order valence-electron chi connectivity index (χ4n) is 1.82. The molecule has 0 aromatic heterocycles. The van der Waals surface area contributed by atoms with E-state index in [4.69, 9.17) is 4.74 Å². The number of rotatable bonds is 8. The molecule has 0 saturated heterocycles. The zero-order valence-electron chi connectivity index (χ0n) is 12.2. The first-order chi connectivity index (χ1) is 8.65. The molecule has 0 saturated carbocycles. The van der Waals surface area contributed by atoms with Crippen LogP contribution in [-0.2, 0) is 0 Å². The van der Waals surface area contributed by atoms with Gasteiger partial charge in [-0.3, -0.25) is 0 Å². The van der Waals surface area contributed by atoms with Crippen molar-refractivity contribution in [3.05, 3.63) is 29.8 Å². The van der Waals surface area contributed by atoms with Gasteiger partial charge in [0.2, 0.25) is 0 Å². The number of ether oxygens (including phenoxy) is 1. The van der Waals surface area contributed by atoms with E-state index in [-0.39, 0.29) is 0 Å². The maximum atomic E-state index is 5.87. The molecule has 102 valence electrons. The summed E-state index contributed by atoms with van der Waals surface area (Å²) in [6.07, 6.45) is 2.28. The minimum absolute atomic E-state index is 0.338. The summed E-state index contributed by atoms with van der Waals surface area (Å²) in [6.45, 7) is 10.7. The molecule has 0 aliphatic carbocycles. The monoisotopic (exact) mass is 249 g/mol. The van der Waals surface area contributed by atoms with Gasteiger partial charge in [-0.1, -0.05) is 45.4 Å². The molecule has 0 heterocycles. The lowest BCUT2D eigenvalue weighted by atomic mass is 10.1. The van der Waals surface area contributed by atoms with Crippen LogP contribution in [0.3, 0.4) is 0 Å². The number of hydrogen-bond acceptors (Lipinski definition) is 2. The zero-order valence-corrected chi connectivity index (χ0v) is 12.2. The molecule has 2 heteroatoms. The summed E-state index contributed by atoms with van der Waals surface area (Å²) >= 11 is 0. The number of hydrogen-bond donors (Lipinski definition) is 1. The fourth-order valence-corrected chi connectivity index (χ4v) is 1.82. The van der Waals surface area contributed by atoms with Crippen molar-refractivity contribution in [3.63, 3.8) is 0 Å². The van der Waals surface area contributed by atoms with Crippen LogP contribution in [0.15, 0.2) is 24.3 Å². The third-order valence-corrected chi connectivity index (χ3v) is 2.97. The molecule has 0 fully saturated rings. The molecule has 0 unspecified atom stereocenters. The van der Waals surface area contributed by atoms with E-state index in [1.54, 1.807) is 0 Å². The lowest BCUT2D eigenvalue weighted by Gasteiger charge is -2.19. The van der Waals surface area contributed by atoms with Gasteiger partial charge in [0.1, 0.15) is 5.75 Å². The van der Waals surface area contributed by atoms with E-state index in [1.807, 2.05) is 6.07 Å². The molecular weight excluding hydrogens is 222 g/mol. The third-order valence-electron chi connectivity index (χ3n) is 2.97. The number of unbranched alkanes of at least 4 members (excludes halogenated alkanes) is 1. The highest BCUT2D eigenvalue weighted by atomic mass is 16.5. The quantitative estimate of drug-likeness (QED) is 0.698. The van der Waals surface area contributed by atoms with Crippen molar-refractivity contribution in [2.75, 3.05) is 13.2 Å². The van der Waals surface area contributed by atoms with Gasteiger partial charge in [0.05, 0.1) is 6.61 Å². The van der Waals surface area contributed by atoms with Crippen molar-refractivity contribution in [1.82, 2.24) is 5.32 Å². The van der Waals surface area contributed by atoms with Crippen LogP contribution in [0.1, 0.15) is 52.1 Å². The van der Waals surface area contributed by atoms with Gasteiger partial charge in [0.25, 0.3) is 0 Å². The Hall–Kier alpha value is -1.02. The van der Waals surface area contributed by atoms with Gasteiger partial charge in [-0.15, -0.1) is 0 Å². The van der Waals surface area contributed by atoms with E-state index in [0.717, 1.165) is 25.3 Å². The lowest BCUT2D eigenvalue weighted by Crippen LogP contribution is -2.23. The average molecular weight is 249 g/mol. The molecular formula is C16H27NO. The van der Waals surface area contributed by atoms with Crippen molar-refractivity contribution < 1.29 is 4.74 Å². The van der Waals surface area contributed by atoms with Crippen molar-refractivity contribution in [2.45, 2.75) is 46.6 Å². The van der Waals surface area contributed by atoms with E-state index >= 15 is 0 Å². The fraction of sp³-hybridized carbons (Fsp3) is 0.625. The standard InChI is InChI=1S/C16H27NO/c1-5-6-11-18-16-10-8-7-9-15(16)14(4)17-12-13(2)3/h7-10,13-14,17H,5-6,11-12H2,1-4H3/t14-/m1/s1. The van der Waals surface area contributed by atoms with Gasteiger partial charge in [-0.25, -0.2) is 0 Å². The Morgan fingerprint density at radius 3 is 2.56 bits per heavy atom. The predicted octanol–water partition coefficient (Wildman–Crippen LogP) is 4.17. The summed E-state index contributed by atoms with van der Waals surface area (Å²) in [5.74, 6) is 1.69. The Balaban J connectivity index is 2.62. The lowest BCUT2D eigenvalue weighted by molar-refractivity contribution is 0.302. The number of para-hydroxylation sites is 1. The van der Waals surface area contributed by atoms with E-state index in [9.17, 15) is 0 Å². The molecule has 1 atom stereocenters. The predicted molar refractivity (Wildman–Crippen MR) is 78.1 cm³/mol. The molecule has 0 bridgehead atoms. The summed E-state index contributed by atoms with van der Waals surface area (Å²) < 4.78 is 5.87. The molecule has 2 nitrogen and oxygen atoms in total. The first kappa shape index (κ1) is 15.0. The van der Waals surface area contributed by atoms with Crippen LogP contribution in [-0.4, -0.2) is 13.2 Å². The zero-order chi connectivity index (χ0) is 13.4. The molecule has 1 rings (SSSR count). The Labute approximate surface area is 112 Å². The SMILES string of the molecule is CCCCOc1ccccc1[C@@H](C)NCC(C)C. The molecule has 1 aromatic carbocycles. The second-order valence-electron chi connectivity index (χ2n) is 5.26. The first-order valence-electron chi connectivity index (χ1n) is 7.10. The second kappa shape index (κ2) is 8.15. The maximum absolute atomic E-state index is 5.87. The molecule has 0 spiro atoms. The molecule has 1 N–H and O–H groups in total. The highest BCUT2D eigenvalue weighted by molar-refractivity contribution is 5.35. The number of nitrogens with one attached hydrogen (secondary N) is 1. The molecule has 18 heavy (non-hydrogen) atoms. The molecule has 0 aliphatic heterocycles. The summed E-state index contributed by atoms with van der Waals surface area (Å²) in [5.41, 5.74) is 1.26. The smallest absolute Gasteiger partial charge is 0.124 e. The van der Waals surface area contributed by atoms with E-state index < -0.39 is 0 Å². The first-order valence-corrected chi connectivity index (χ1v) is 7.10. The minimum atomic E-state index is 0.338. The Morgan fingerprint density at radius 2 is 1.89 bits per heavy atom. The highest BCUT2D eigenvalue weighted by Crippen LogP contribution is 2.25. The molecule has 0 radical (unpaired) electrons. The van der Waals surface area contributed by atoms with Gasteiger partial charge in [-0.05, 0) is 31.9 Å². The minimum Gasteiger partial charge on any atom is -0.493 e. The van der Waals surface area contributed by atoms with Crippen molar-refractivity contribution in [3.8, 4) is 5.75 Å². The molecule has 0 amide bonds. The van der Waals surface area contributed by atoms with E-state index in [0.29, 0.717) is 12.0 Å². The Kier molecular flexibility index (Phi) is 6.81. The summed E-state index contributed by atoms with van der Waals surface area (Å²) in [5, 5.41) is 3.55. The topological polar surface area (TPSA) is 21.3 Å². The van der Waals surface area contributed by atoms with Crippen LogP contribution in [0.5, 0.6) is 5.75 Å². The summed E-state index contributed by atoms with van der Waals surface area (Å²) in [4.78, 5) is 0. The number of benzene rings is 1. The average Bonchev–Trinajstić information content (AvgIpc) is 2.37. The van der Waals surface area contributed by atoms with E-state index in [2.05, 4.69) is 51.2 Å². The maximum Gasteiger partial charge on any atom is 0.124 e. The molecule has 1 aromatic rings. The van der Waals surface area contributed by atoms with E-state index in [1.165, 1.54) is 12.0 Å². The van der Waals surface area contributed by atoms with Crippen LogP contribution >= 0.6 is 0 Å². The second-order valence-corrected chi connectivity index (χ2v) is 5.26. The van der Waals surface area contributed by atoms with Gasteiger partial charge in [0.15, 0.2) is 0 Å². The van der Waals surface area contributed by atoms with Crippen LogP contribution in [0.4, 0.5) is 0 Å². The van der Waals surface area contributed by atoms with Crippen molar-refractivity contribution in [1.29, 1.82) is 0 Å². The van der Waals surface area contributed by atoms with Crippen LogP contribution in [0, 0.1) is 5.92 Å². The van der Waals surface area contributed by atoms with Crippen LogP contribution in [0.25, 0.3) is 0 Å². The van der Waals surface area contributed by atoms with Gasteiger partial charge in [-0.2, -0.15) is 0 Å². The summed E-state index contributed by atoms with van der Waals surface area (Å²) in [6, 6.07) is 8.68. The third kappa shape index (κ3) is 5.09. The van der Waals surface area contributed by atoms with Crippen molar-refractivity contribution >= 4 is 0 Å². The molecule has 0 aliphatic rings. The van der Waals surface area contributed by atoms with Crippen LogP contribution < -0.4 is 10.1 Å². The largest absolute Gasteiger partial charge is 0.493 e. The highest BCUT2D eigenvalue weighted by Gasteiger charge is 2.10. The summed E-state index contributed by atoms with van der Waals surface area (Å²) in [7, 11) is 0.